The van der Waals surface area contributed by atoms with Crippen molar-refractivity contribution in [1.29, 1.82) is 0 Å². The van der Waals surface area contributed by atoms with Crippen molar-refractivity contribution in [3.8, 4) is 0 Å². The normalized spacial score (nSPS) is 3.93. The quantitative estimate of drug-likeness (QED) is 0.0257. The molecule has 0 aliphatic heterocycles. The van der Waals surface area contributed by atoms with Crippen LogP contribution in [0.3, 0.4) is 0 Å². The van der Waals surface area contributed by atoms with Gasteiger partial charge in [-0.1, -0.05) is 66.2 Å². The molecule has 0 spiro atoms. The fourth-order valence-corrected chi connectivity index (χ4v) is 3.07. The van der Waals surface area contributed by atoms with Gasteiger partial charge in [0.25, 0.3) is 0 Å². The Morgan fingerprint density at radius 3 is 0.218 bits per heavy atom. The average molecular weight is 2260 g/mol. The molecule has 2 radical (unpaired) electrons. The first-order valence-electron chi connectivity index (χ1n) is 17.7. The topological polar surface area (TPSA) is 1250 Å². The molecule has 48 nitrogen and oxygen atoms in total. The standard InChI is InChI=1S/C10H18O4.2C8H14O4.10CH4O.2CH4.8CH3.26H2O.16Ti/c11-9(12)7-5-3-1-2-4-6-8-10(13)14;2*9-7(10)5-3-1-2-4-6-8(11)12;10*1-2;;;;;;;;;;;;;;;;;;;;;;;;;;;;;;;;;;;;;;;;;;;;;;;;;;;;/h1-8H2,(H,11,12)(H,13,14);2*1-6H2,(H,9,10)(H,11,12);10*2H,1H3;2*1H4;8*1H3;26*1H2;;;;;;;;;;;;;;;;/q;;;;;;;;;;;;;;;8*-1;;;;;;;;;;;;;;;;;;;;;;;;;;;;;;;;;;;;;;;;;2*+3. The van der Waals surface area contributed by atoms with Gasteiger partial charge in [-0.05, 0) is 38.5 Å². The van der Waals surface area contributed by atoms with E-state index in [2.05, 4.69) is 0 Å². The van der Waals surface area contributed by atoms with E-state index in [1.54, 1.807) is 0 Å². The van der Waals surface area contributed by atoms with E-state index in [9.17, 15) is 28.8 Å². The molecule has 0 heterocycles. The van der Waals surface area contributed by atoms with Crippen molar-refractivity contribution in [2.45, 2.75) is 143 Å². The second kappa shape index (κ2) is 760. The third-order valence-electron chi connectivity index (χ3n) is 5.09. The van der Waals surface area contributed by atoms with E-state index in [4.69, 9.17) is 81.7 Å². The molecule has 0 saturated carbocycles. The maximum Gasteiger partial charge on any atom is 3.00 e. The number of aliphatic hydroxyl groups excluding tert-OH is 10. The van der Waals surface area contributed by atoms with Crippen LogP contribution in [0.4, 0.5) is 0 Å². The first kappa shape index (κ1) is 584. The third-order valence-corrected chi connectivity index (χ3v) is 5.09. The molecule has 708 valence electrons. The zero-order valence-corrected chi connectivity index (χ0v) is 90.7. The number of hydrogen-bond acceptors (Lipinski definition) is 16. The monoisotopic (exact) mass is 2260 g/mol. The molecule has 64 heteroatoms. The summed E-state index contributed by atoms with van der Waals surface area (Å²) >= 11 is 0. The number of aliphatic carboxylic acids is 6. The second-order valence-corrected chi connectivity index (χ2v) is 8.81. The molecule has 0 aromatic carbocycles. The molecule has 0 aromatic heterocycles. The number of aliphatic hydroxyl groups is 10. The first-order valence-corrected chi connectivity index (χ1v) is 17.7. The molecule has 0 aliphatic carbocycles. The molecule has 0 aromatic rings. The van der Waals surface area contributed by atoms with Crippen molar-refractivity contribution in [1.82, 2.24) is 0 Å². The van der Waals surface area contributed by atoms with E-state index in [-0.39, 0.29) is 603 Å². The summed E-state index contributed by atoms with van der Waals surface area (Å²) in [5, 5.41) is 120. The Hall–Kier alpha value is 6.81. The Morgan fingerprint density at radius 1 is 0.145 bits per heavy atom. The van der Waals surface area contributed by atoms with Gasteiger partial charge < -0.3 is 283 Å². The number of hydrogen-bond donors (Lipinski definition) is 16. The minimum Gasteiger partial charge on any atom is -0.481 e. The first-order chi connectivity index (χ1) is 27.9. The van der Waals surface area contributed by atoms with Gasteiger partial charge in [-0.3, -0.25) is 28.8 Å². The predicted octanol–water partition coefficient (Wildman–Crippen LogP) is -15.3. The van der Waals surface area contributed by atoms with Gasteiger partial charge in [0.1, 0.15) is 0 Å². The van der Waals surface area contributed by atoms with Crippen LogP contribution in [-0.2, 0) is 376 Å². The van der Waals surface area contributed by atoms with Crippen LogP contribution >= 0.6 is 0 Å². The summed E-state index contributed by atoms with van der Waals surface area (Å²) in [5.41, 5.74) is 0. The van der Waals surface area contributed by atoms with Crippen LogP contribution in [0.25, 0.3) is 0 Å². The Bertz CT molecular complexity index is 694. The van der Waals surface area contributed by atoms with Crippen LogP contribution in [0.1, 0.15) is 143 Å². The minimum absolute atomic E-state index is 0. The van der Waals surface area contributed by atoms with E-state index >= 15 is 0 Å². The average Bonchev–Trinajstić information content (AvgIpc) is 3.25. The molecule has 0 fully saturated rings. The van der Waals surface area contributed by atoms with Gasteiger partial charge >= 0.3 is 79.3 Å². The zero-order chi connectivity index (χ0) is 49.6. The van der Waals surface area contributed by atoms with Gasteiger partial charge in [0, 0.05) is 414 Å². The predicted molar refractivity (Wildman–Crippen MR) is 378 cm³/mol. The second-order valence-electron chi connectivity index (χ2n) is 8.81. The van der Waals surface area contributed by atoms with Gasteiger partial charge in [-0.2, -0.15) is 0 Å². The summed E-state index contributed by atoms with van der Waals surface area (Å²) in [6.07, 6.45) is 12.4. The Labute approximate surface area is 898 Å². The van der Waals surface area contributed by atoms with Crippen LogP contribution < -0.4 is 0 Å². The largest absolute Gasteiger partial charge is 3.00 e. The van der Waals surface area contributed by atoms with Crippen LogP contribution in [0.5, 0.6) is 0 Å². The van der Waals surface area contributed by atoms with Gasteiger partial charge in [0.15, 0.2) is 0 Å². The summed E-state index contributed by atoms with van der Waals surface area (Å²) in [6.45, 7) is 0. The number of carboxylic acids is 6. The SMILES string of the molecule is C.C.CO.CO.CO.CO.CO.CO.CO.CO.CO.CO.O.O.O.O.O.O.O.O.O.O.O.O.O.O.O.O.O.O.O.O.O.O.O.O.O.O.O=C(O)CCCCCCC(=O)O.O=C(O)CCCCCCC(=O)O.O=C(O)CCCCCCCCC(=O)O.[CH3-].[CH3-].[CH3-].[CH3-].[CH3-].[CH3-].[CH3-].[CH3-].[Ti+3].[Ti+3].[Ti].[Ti].[Ti].[Ti].[Ti].[Ti].[Ti].[Ti].[Ti].[Ti].[Ti].[Ti].[Ti].[Ti]. The summed E-state index contributed by atoms with van der Waals surface area (Å²) in [4.78, 5) is 60.5. The van der Waals surface area contributed by atoms with Crippen LogP contribution in [0.2, 0.25) is 0 Å². The fraction of sp³-hybridized carbons (Fsp3) is 0.696. The fourth-order valence-electron chi connectivity index (χ4n) is 3.07. The molecule has 0 rings (SSSR count). The Balaban J connectivity index is -0.00000000323. The van der Waals surface area contributed by atoms with E-state index in [0.29, 0.717) is 25.7 Å². The number of carbonyl (C=O) groups is 6. The molecular weight excluding hydrogens is 2090 g/mol. The van der Waals surface area contributed by atoms with Crippen molar-refractivity contribution in [3.63, 3.8) is 0 Å². The maximum atomic E-state index is 10.1. The molecular formula is C46H170O48Ti16-2. The molecule has 0 amide bonds. The van der Waals surface area contributed by atoms with E-state index in [1.807, 2.05) is 0 Å². The van der Waals surface area contributed by atoms with E-state index < -0.39 is 35.8 Å². The van der Waals surface area contributed by atoms with Gasteiger partial charge in [0.2, 0.25) is 0 Å². The Kier molecular flexibility index (Phi) is 4030. The van der Waals surface area contributed by atoms with E-state index in [0.717, 1.165) is 135 Å². The molecule has 110 heavy (non-hydrogen) atoms. The van der Waals surface area contributed by atoms with Crippen molar-refractivity contribution in [2.75, 3.05) is 71.1 Å². The van der Waals surface area contributed by atoms with Crippen LogP contribution in [0.15, 0.2) is 0 Å². The van der Waals surface area contributed by atoms with Crippen molar-refractivity contribution in [3.05, 3.63) is 59.4 Å². The van der Waals surface area contributed by atoms with Crippen molar-refractivity contribution in [2.24, 2.45) is 0 Å². The number of unbranched alkanes of at least 4 members (excludes halogenated alkanes) is 11. The smallest absolute Gasteiger partial charge is 0.481 e. The third kappa shape index (κ3) is 1160. The summed E-state index contributed by atoms with van der Waals surface area (Å²) in [6, 6.07) is 0. The van der Waals surface area contributed by atoms with Crippen LogP contribution in [-0.4, -0.2) is 331 Å². The Morgan fingerprint density at radius 2 is 0.182 bits per heavy atom. The van der Waals surface area contributed by atoms with Crippen molar-refractivity contribution >= 4 is 35.8 Å². The summed E-state index contributed by atoms with van der Waals surface area (Å²) in [7, 11) is 10.0. The number of rotatable bonds is 23. The molecule has 0 atom stereocenters. The molecule has 68 N–H and O–H groups in total. The minimum atomic E-state index is -0.784. The van der Waals surface area contributed by atoms with Gasteiger partial charge in [0.05, 0.1) is 0 Å². The molecule has 0 aliphatic rings. The summed E-state index contributed by atoms with van der Waals surface area (Å²) in [5.74, 6) is -4.62. The number of carboxylic acid groups (broad SMARTS) is 6. The van der Waals surface area contributed by atoms with Crippen LogP contribution in [0, 0.1) is 59.4 Å². The molecule has 0 bridgehead atoms. The molecule has 0 unspecified atom stereocenters. The van der Waals surface area contributed by atoms with Gasteiger partial charge in [-0.25, -0.2) is 0 Å². The zero-order valence-electron chi connectivity index (χ0n) is 65.7. The summed E-state index contributed by atoms with van der Waals surface area (Å²) < 4.78 is 0. The molecule has 0 saturated heterocycles. The van der Waals surface area contributed by atoms with E-state index in [1.165, 1.54) is 0 Å². The van der Waals surface area contributed by atoms with Crippen molar-refractivity contribution < 1.29 is 600 Å². The maximum absolute atomic E-state index is 10.1. The van der Waals surface area contributed by atoms with Gasteiger partial charge in [-0.15, -0.1) is 0 Å².